The molecule has 7 heteroatoms. The highest BCUT2D eigenvalue weighted by Crippen LogP contribution is 2.28. The summed E-state index contributed by atoms with van der Waals surface area (Å²) in [6.45, 7) is 0. The molecule has 0 aliphatic heterocycles. The lowest BCUT2D eigenvalue weighted by Gasteiger charge is -2.12. The Kier molecular flexibility index (Phi) is 3.96. The van der Waals surface area contributed by atoms with Crippen LogP contribution in [0.4, 0.5) is 11.4 Å². The van der Waals surface area contributed by atoms with Gasteiger partial charge in [0, 0.05) is 6.04 Å². The van der Waals surface area contributed by atoms with Crippen molar-refractivity contribution >= 4 is 17.3 Å². The zero-order valence-electron chi connectivity index (χ0n) is 10.4. The van der Waals surface area contributed by atoms with Crippen LogP contribution in [0, 0.1) is 10.1 Å². The van der Waals surface area contributed by atoms with Gasteiger partial charge in [-0.05, 0) is 25.0 Å². The van der Waals surface area contributed by atoms with Crippen LogP contribution in [-0.2, 0) is 0 Å². The Hall–Kier alpha value is -2.15. The van der Waals surface area contributed by atoms with Crippen molar-refractivity contribution in [3.8, 4) is 0 Å². The first-order valence-corrected chi connectivity index (χ1v) is 6.18. The number of benzene rings is 1. The van der Waals surface area contributed by atoms with Crippen LogP contribution in [-0.4, -0.2) is 16.9 Å². The molecular formula is C12H16N4O3. The Morgan fingerprint density at radius 1 is 1.37 bits per heavy atom. The minimum atomic E-state index is -0.598. The van der Waals surface area contributed by atoms with Gasteiger partial charge in [-0.2, -0.15) is 0 Å². The van der Waals surface area contributed by atoms with E-state index in [1.165, 1.54) is 12.1 Å². The number of carbonyl (C=O) groups excluding carboxylic acids is 1. The average molecular weight is 264 g/mol. The summed E-state index contributed by atoms with van der Waals surface area (Å²) in [5.41, 5.74) is 2.12. The molecule has 102 valence electrons. The van der Waals surface area contributed by atoms with Crippen molar-refractivity contribution in [2.45, 2.75) is 31.7 Å². The third kappa shape index (κ3) is 2.82. The third-order valence-electron chi connectivity index (χ3n) is 3.31. The molecule has 19 heavy (non-hydrogen) atoms. The fourth-order valence-electron chi connectivity index (χ4n) is 2.37. The van der Waals surface area contributed by atoms with Crippen LogP contribution in [0.15, 0.2) is 18.2 Å². The van der Waals surface area contributed by atoms with Gasteiger partial charge in [0.2, 0.25) is 0 Å². The highest BCUT2D eigenvalue weighted by molar-refractivity contribution is 6.00. The molecule has 0 atom stereocenters. The van der Waals surface area contributed by atoms with Gasteiger partial charge in [-0.15, -0.1) is 0 Å². The quantitative estimate of drug-likeness (QED) is 0.434. The molecule has 2 rings (SSSR count). The number of hydrazine groups is 1. The number of hydrogen-bond donors (Lipinski definition) is 3. The Bertz CT molecular complexity index is 498. The topological polar surface area (TPSA) is 110 Å². The highest BCUT2D eigenvalue weighted by Gasteiger charge is 2.26. The molecule has 1 fully saturated rings. The molecular weight excluding hydrogens is 248 g/mol. The second kappa shape index (κ2) is 5.66. The molecule has 1 amide bonds. The Morgan fingerprint density at radius 2 is 2.05 bits per heavy atom. The maximum Gasteiger partial charge on any atom is 0.306 e. The van der Waals surface area contributed by atoms with Crippen molar-refractivity contribution in [1.29, 1.82) is 0 Å². The number of nitrogens with zero attached hydrogens (tertiary/aromatic N) is 1. The lowest BCUT2D eigenvalue weighted by Crippen LogP contribution is -2.33. The number of rotatable bonds is 4. The molecule has 1 aromatic carbocycles. The smallest absolute Gasteiger partial charge is 0.306 e. The van der Waals surface area contributed by atoms with Gasteiger partial charge in [0.15, 0.2) is 0 Å². The molecule has 0 aromatic heterocycles. The molecule has 1 aromatic rings. The first-order chi connectivity index (χ1) is 9.13. The summed E-state index contributed by atoms with van der Waals surface area (Å²) in [6.07, 6.45) is 4.01. The van der Waals surface area contributed by atoms with Gasteiger partial charge in [0.1, 0.15) is 11.3 Å². The number of para-hydroxylation sites is 1. The summed E-state index contributed by atoms with van der Waals surface area (Å²) in [5, 5.41) is 13.9. The second-order valence-corrected chi connectivity index (χ2v) is 4.56. The largest absolute Gasteiger partial charge is 0.349 e. The number of nitro benzene ring substituents is 1. The van der Waals surface area contributed by atoms with E-state index in [9.17, 15) is 14.9 Å². The van der Waals surface area contributed by atoms with E-state index in [0.717, 1.165) is 25.7 Å². The van der Waals surface area contributed by atoms with Crippen LogP contribution in [0.5, 0.6) is 0 Å². The predicted molar refractivity (Wildman–Crippen MR) is 70.6 cm³/mol. The van der Waals surface area contributed by atoms with Crippen molar-refractivity contribution in [3.63, 3.8) is 0 Å². The number of amides is 1. The van der Waals surface area contributed by atoms with Crippen LogP contribution in [0.25, 0.3) is 0 Å². The molecule has 0 spiro atoms. The highest BCUT2D eigenvalue weighted by atomic mass is 16.6. The van der Waals surface area contributed by atoms with Gasteiger partial charge in [-0.25, -0.2) is 0 Å². The zero-order chi connectivity index (χ0) is 13.8. The van der Waals surface area contributed by atoms with Gasteiger partial charge < -0.3 is 10.7 Å². The van der Waals surface area contributed by atoms with Crippen LogP contribution < -0.4 is 16.6 Å². The summed E-state index contributed by atoms with van der Waals surface area (Å²) in [6, 6.07) is 4.57. The fourth-order valence-corrected chi connectivity index (χ4v) is 2.37. The molecule has 4 N–H and O–H groups in total. The van der Waals surface area contributed by atoms with Crippen LogP contribution >= 0.6 is 0 Å². The van der Waals surface area contributed by atoms with E-state index in [1.54, 1.807) is 6.07 Å². The summed E-state index contributed by atoms with van der Waals surface area (Å²) in [7, 11) is 0. The number of hydrogen-bond acceptors (Lipinski definition) is 5. The molecule has 7 nitrogen and oxygen atoms in total. The average Bonchev–Trinajstić information content (AvgIpc) is 2.90. The molecule has 1 aliphatic rings. The summed E-state index contributed by atoms with van der Waals surface area (Å²) in [5.74, 6) is 4.81. The first kappa shape index (κ1) is 13.3. The van der Waals surface area contributed by atoms with E-state index in [2.05, 4.69) is 10.7 Å². The Labute approximate surface area is 110 Å². The van der Waals surface area contributed by atoms with Crippen molar-refractivity contribution < 1.29 is 9.72 Å². The number of nitrogens with one attached hydrogen (secondary N) is 2. The van der Waals surface area contributed by atoms with E-state index < -0.39 is 10.8 Å². The maximum atomic E-state index is 12.1. The summed E-state index contributed by atoms with van der Waals surface area (Å²) >= 11 is 0. The minimum Gasteiger partial charge on any atom is -0.349 e. The molecule has 0 saturated heterocycles. The lowest BCUT2D eigenvalue weighted by atomic mass is 10.1. The SMILES string of the molecule is NNc1cccc(C(=O)NC2CCCC2)c1[N+](=O)[O-]. The van der Waals surface area contributed by atoms with E-state index in [-0.39, 0.29) is 23.0 Å². The minimum absolute atomic E-state index is 0.0346. The normalized spacial score (nSPS) is 15.2. The first-order valence-electron chi connectivity index (χ1n) is 6.18. The maximum absolute atomic E-state index is 12.1. The molecule has 0 radical (unpaired) electrons. The number of anilines is 1. The molecule has 0 bridgehead atoms. The third-order valence-corrected chi connectivity index (χ3v) is 3.31. The number of nitrogens with two attached hydrogens (primary N) is 1. The standard InChI is InChI=1S/C12H16N4O3/c13-15-10-7-3-6-9(11(10)16(18)19)12(17)14-8-4-1-2-5-8/h3,6-8,15H,1-2,4-5,13H2,(H,14,17). The van der Waals surface area contributed by atoms with E-state index in [0.29, 0.717) is 0 Å². The Morgan fingerprint density at radius 3 is 2.63 bits per heavy atom. The van der Waals surface area contributed by atoms with Crippen LogP contribution in [0.3, 0.4) is 0 Å². The van der Waals surface area contributed by atoms with Gasteiger partial charge in [-0.3, -0.25) is 20.8 Å². The lowest BCUT2D eigenvalue weighted by molar-refractivity contribution is -0.384. The summed E-state index contributed by atoms with van der Waals surface area (Å²) < 4.78 is 0. The summed E-state index contributed by atoms with van der Waals surface area (Å²) in [4.78, 5) is 22.6. The van der Waals surface area contributed by atoms with Gasteiger partial charge in [-0.1, -0.05) is 18.9 Å². The molecule has 0 heterocycles. The van der Waals surface area contributed by atoms with Crippen molar-refractivity contribution in [3.05, 3.63) is 33.9 Å². The van der Waals surface area contributed by atoms with Gasteiger partial charge in [0.25, 0.3) is 5.91 Å². The zero-order valence-corrected chi connectivity index (χ0v) is 10.4. The molecule has 1 aliphatic carbocycles. The number of nitrogen functional groups attached to an aromatic ring is 1. The molecule has 0 unspecified atom stereocenters. The van der Waals surface area contributed by atoms with Crippen molar-refractivity contribution in [2.75, 3.05) is 5.43 Å². The molecule has 1 saturated carbocycles. The monoisotopic (exact) mass is 264 g/mol. The number of nitro groups is 1. The van der Waals surface area contributed by atoms with Gasteiger partial charge >= 0.3 is 5.69 Å². The van der Waals surface area contributed by atoms with Crippen LogP contribution in [0.1, 0.15) is 36.0 Å². The van der Waals surface area contributed by atoms with Crippen LogP contribution in [0.2, 0.25) is 0 Å². The fraction of sp³-hybridized carbons (Fsp3) is 0.417. The second-order valence-electron chi connectivity index (χ2n) is 4.56. The van der Waals surface area contributed by atoms with E-state index in [1.807, 2.05) is 0 Å². The van der Waals surface area contributed by atoms with Crippen molar-refractivity contribution in [1.82, 2.24) is 5.32 Å². The van der Waals surface area contributed by atoms with E-state index >= 15 is 0 Å². The van der Waals surface area contributed by atoms with Gasteiger partial charge in [0.05, 0.1) is 4.92 Å². The Balaban J connectivity index is 2.27. The van der Waals surface area contributed by atoms with E-state index in [4.69, 9.17) is 5.84 Å². The number of carbonyl (C=O) groups is 1. The predicted octanol–water partition coefficient (Wildman–Crippen LogP) is 1.55. The van der Waals surface area contributed by atoms with Crippen molar-refractivity contribution in [2.24, 2.45) is 5.84 Å².